The third kappa shape index (κ3) is 4.79. The molecule has 0 aliphatic heterocycles. The van der Waals surface area contributed by atoms with E-state index in [2.05, 4.69) is 10.3 Å². The Hall–Kier alpha value is -1.94. The number of rotatable bonds is 7. The molecule has 0 radical (unpaired) electrons. The second-order valence-corrected chi connectivity index (χ2v) is 7.03. The van der Waals surface area contributed by atoms with Crippen molar-refractivity contribution in [2.75, 3.05) is 12.4 Å². The second kappa shape index (κ2) is 8.95. The lowest BCUT2D eigenvalue weighted by atomic mass is 9.85. The Morgan fingerprint density at radius 3 is 2.84 bits per heavy atom. The van der Waals surface area contributed by atoms with Gasteiger partial charge in [-0.3, -0.25) is 9.78 Å². The van der Waals surface area contributed by atoms with Crippen LogP contribution in [0.25, 0.3) is 10.9 Å². The first-order valence-electron chi connectivity index (χ1n) is 9.45. The van der Waals surface area contributed by atoms with Crippen LogP contribution < -0.4 is 5.32 Å². The molecule has 4 heteroatoms. The summed E-state index contributed by atoms with van der Waals surface area (Å²) in [6, 6.07) is 9.72. The number of para-hydroxylation sites is 1. The van der Waals surface area contributed by atoms with Gasteiger partial charge in [-0.2, -0.15) is 0 Å². The van der Waals surface area contributed by atoms with Crippen LogP contribution in [0.1, 0.15) is 51.4 Å². The molecule has 1 aliphatic carbocycles. The van der Waals surface area contributed by atoms with Crippen molar-refractivity contribution in [2.24, 2.45) is 5.92 Å². The zero-order valence-electron chi connectivity index (χ0n) is 15.0. The van der Waals surface area contributed by atoms with Crippen LogP contribution in [-0.2, 0) is 9.53 Å². The highest BCUT2D eigenvalue weighted by molar-refractivity contribution is 6.01. The molecule has 134 valence electrons. The Kier molecular flexibility index (Phi) is 6.40. The van der Waals surface area contributed by atoms with Gasteiger partial charge in [0.05, 0.1) is 11.2 Å². The Morgan fingerprint density at radius 2 is 2.04 bits per heavy atom. The molecule has 1 aliphatic rings. The summed E-state index contributed by atoms with van der Waals surface area (Å²) in [6.07, 6.45) is 11.2. The van der Waals surface area contributed by atoms with Crippen molar-refractivity contribution in [3.8, 4) is 0 Å². The summed E-state index contributed by atoms with van der Waals surface area (Å²) in [4.78, 5) is 17.0. The summed E-state index contributed by atoms with van der Waals surface area (Å²) < 4.78 is 5.45. The number of fused-ring (bicyclic) bond motifs is 1. The first kappa shape index (κ1) is 17.9. The maximum absolute atomic E-state index is 12.6. The summed E-state index contributed by atoms with van der Waals surface area (Å²) in [5.74, 6) is 0.765. The monoisotopic (exact) mass is 340 g/mol. The predicted molar refractivity (Wildman–Crippen MR) is 102 cm³/mol. The Bertz CT molecular complexity index is 690. The minimum absolute atomic E-state index is 0.0794. The molecule has 1 aromatic carbocycles. The predicted octanol–water partition coefficient (Wildman–Crippen LogP) is 4.94. The van der Waals surface area contributed by atoms with Gasteiger partial charge in [-0.1, -0.05) is 63.1 Å². The van der Waals surface area contributed by atoms with Crippen LogP contribution in [0.15, 0.2) is 36.5 Å². The van der Waals surface area contributed by atoms with Crippen LogP contribution in [0.4, 0.5) is 5.69 Å². The highest BCUT2D eigenvalue weighted by Crippen LogP contribution is 2.28. The van der Waals surface area contributed by atoms with Crippen LogP contribution in [-0.4, -0.2) is 24.1 Å². The molecule has 1 aromatic heterocycles. The van der Waals surface area contributed by atoms with Gasteiger partial charge < -0.3 is 10.1 Å². The van der Waals surface area contributed by atoms with Crippen LogP contribution in [0.3, 0.4) is 0 Å². The van der Waals surface area contributed by atoms with E-state index in [0.29, 0.717) is 0 Å². The highest BCUT2D eigenvalue weighted by Gasteiger charge is 2.20. The number of benzene rings is 1. The standard InChI is InChI=1S/C21H28N2O2/c1-25-19(14-5-10-16-8-3-2-4-9-16)21(24)23-18-13-6-11-17-12-7-15-22-20(17)18/h6-7,11-13,15-16,19H,2-5,8-10,14H2,1H3,(H,23,24)/t19-/m0/s1. The minimum Gasteiger partial charge on any atom is -0.372 e. The summed E-state index contributed by atoms with van der Waals surface area (Å²) >= 11 is 0. The topological polar surface area (TPSA) is 51.2 Å². The molecule has 0 spiro atoms. The molecule has 0 bridgehead atoms. The van der Waals surface area contributed by atoms with E-state index in [-0.39, 0.29) is 5.91 Å². The van der Waals surface area contributed by atoms with Crippen molar-refractivity contribution >= 4 is 22.5 Å². The second-order valence-electron chi connectivity index (χ2n) is 7.03. The average molecular weight is 340 g/mol. The quantitative estimate of drug-likeness (QED) is 0.777. The van der Waals surface area contributed by atoms with Gasteiger partial charge in [0, 0.05) is 18.7 Å². The van der Waals surface area contributed by atoms with E-state index >= 15 is 0 Å². The van der Waals surface area contributed by atoms with E-state index in [0.717, 1.165) is 35.3 Å². The number of hydrogen-bond acceptors (Lipinski definition) is 3. The number of pyridine rings is 1. The van der Waals surface area contributed by atoms with Gasteiger partial charge in [0.1, 0.15) is 6.10 Å². The lowest BCUT2D eigenvalue weighted by Crippen LogP contribution is -2.29. The van der Waals surface area contributed by atoms with Crippen LogP contribution in [0, 0.1) is 5.92 Å². The van der Waals surface area contributed by atoms with Gasteiger partial charge in [-0.15, -0.1) is 0 Å². The minimum atomic E-state index is -0.400. The fraction of sp³-hybridized carbons (Fsp3) is 0.524. The molecule has 2 aromatic rings. The van der Waals surface area contributed by atoms with E-state index in [1.54, 1.807) is 13.3 Å². The molecule has 1 fully saturated rings. The van der Waals surface area contributed by atoms with Crippen molar-refractivity contribution in [2.45, 2.75) is 57.5 Å². The van der Waals surface area contributed by atoms with Gasteiger partial charge in [0.25, 0.3) is 5.91 Å². The lowest BCUT2D eigenvalue weighted by molar-refractivity contribution is -0.126. The number of carbonyl (C=O) groups is 1. The zero-order valence-corrected chi connectivity index (χ0v) is 15.0. The first-order valence-corrected chi connectivity index (χ1v) is 9.45. The van der Waals surface area contributed by atoms with E-state index in [4.69, 9.17) is 4.74 Å². The Morgan fingerprint density at radius 1 is 1.24 bits per heavy atom. The number of carbonyl (C=O) groups excluding carboxylic acids is 1. The highest BCUT2D eigenvalue weighted by atomic mass is 16.5. The molecule has 1 heterocycles. The number of anilines is 1. The lowest BCUT2D eigenvalue weighted by Gasteiger charge is -2.22. The molecule has 1 N–H and O–H groups in total. The van der Waals surface area contributed by atoms with E-state index < -0.39 is 6.10 Å². The maximum Gasteiger partial charge on any atom is 0.253 e. The fourth-order valence-electron chi connectivity index (χ4n) is 3.84. The molecule has 1 atom stereocenters. The van der Waals surface area contributed by atoms with E-state index in [1.165, 1.54) is 38.5 Å². The molecule has 3 rings (SSSR count). The van der Waals surface area contributed by atoms with Gasteiger partial charge in [0.15, 0.2) is 0 Å². The fourth-order valence-corrected chi connectivity index (χ4v) is 3.84. The first-order chi connectivity index (χ1) is 12.3. The average Bonchev–Trinajstić information content (AvgIpc) is 2.66. The third-order valence-corrected chi connectivity index (χ3v) is 5.27. The molecule has 1 amide bonds. The van der Waals surface area contributed by atoms with Crippen molar-refractivity contribution in [3.05, 3.63) is 36.5 Å². The SMILES string of the molecule is CO[C@@H](CCCC1CCCCC1)C(=O)Nc1cccc2cccnc12. The van der Waals surface area contributed by atoms with Crippen LogP contribution in [0.2, 0.25) is 0 Å². The molecule has 0 saturated heterocycles. The Labute approximate surface area is 150 Å². The summed E-state index contributed by atoms with van der Waals surface area (Å²) in [7, 11) is 1.62. The van der Waals surface area contributed by atoms with Crippen molar-refractivity contribution < 1.29 is 9.53 Å². The Balaban J connectivity index is 1.56. The van der Waals surface area contributed by atoms with Crippen molar-refractivity contribution in [3.63, 3.8) is 0 Å². The number of hydrogen-bond donors (Lipinski definition) is 1. The van der Waals surface area contributed by atoms with Gasteiger partial charge >= 0.3 is 0 Å². The van der Waals surface area contributed by atoms with Gasteiger partial charge in [-0.25, -0.2) is 0 Å². The van der Waals surface area contributed by atoms with Gasteiger partial charge in [-0.05, 0) is 24.5 Å². The van der Waals surface area contributed by atoms with E-state index in [1.807, 2.05) is 30.3 Å². The number of nitrogens with one attached hydrogen (secondary N) is 1. The number of aromatic nitrogens is 1. The van der Waals surface area contributed by atoms with E-state index in [9.17, 15) is 4.79 Å². The number of ether oxygens (including phenoxy) is 1. The largest absolute Gasteiger partial charge is 0.372 e. The smallest absolute Gasteiger partial charge is 0.253 e. The van der Waals surface area contributed by atoms with Crippen molar-refractivity contribution in [1.29, 1.82) is 0 Å². The van der Waals surface area contributed by atoms with Crippen molar-refractivity contribution in [1.82, 2.24) is 4.98 Å². The number of nitrogens with zero attached hydrogens (tertiary/aromatic N) is 1. The van der Waals surface area contributed by atoms with Crippen LogP contribution in [0.5, 0.6) is 0 Å². The maximum atomic E-state index is 12.6. The molecule has 1 saturated carbocycles. The third-order valence-electron chi connectivity index (χ3n) is 5.27. The zero-order chi connectivity index (χ0) is 17.5. The molecule has 0 unspecified atom stereocenters. The molecule has 25 heavy (non-hydrogen) atoms. The summed E-state index contributed by atoms with van der Waals surface area (Å²) in [6.45, 7) is 0. The molecular formula is C21H28N2O2. The molecule has 4 nitrogen and oxygen atoms in total. The number of methoxy groups -OCH3 is 1. The number of amides is 1. The summed E-state index contributed by atoms with van der Waals surface area (Å²) in [5.41, 5.74) is 1.56. The normalized spacial score (nSPS) is 16.7. The summed E-state index contributed by atoms with van der Waals surface area (Å²) in [5, 5.41) is 4.02. The van der Waals surface area contributed by atoms with Crippen LogP contribution >= 0.6 is 0 Å². The molecular weight excluding hydrogens is 312 g/mol. The van der Waals surface area contributed by atoms with Gasteiger partial charge in [0.2, 0.25) is 0 Å².